The lowest BCUT2D eigenvalue weighted by atomic mass is 10.3. The van der Waals surface area contributed by atoms with Crippen molar-refractivity contribution in [1.82, 2.24) is 10.6 Å². The number of anilines is 1. The van der Waals surface area contributed by atoms with Crippen LogP contribution in [-0.4, -0.2) is 31.8 Å². The second-order valence-corrected chi connectivity index (χ2v) is 6.74. The molecule has 0 spiro atoms. The van der Waals surface area contributed by atoms with Crippen molar-refractivity contribution in [3.8, 4) is 18.5 Å². The molecule has 0 unspecified atom stereocenters. The molecule has 0 aliphatic carbocycles. The van der Waals surface area contributed by atoms with Crippen LogP contribution >= 0.6 is 11.8 Å². The number of aliphatic imine (C=N–C) groups is 1. The normalized spacial score (nSPS) is 10.7. The van der Waals surface area contributed by atoms with E-state index in [-0.39, 0.29) is 0 Å². The van der Waals surface area contributed by atoms with Crippen molar-refractivity contribution in [2.75, 3.05) is 30.8 Å². The quantitative estimate of drug-likeness (QED) is 0.174. The van der Waals surface area contributed by atoms with Crippen molar-refractivity contribution in [3.05, 3.63) is 54.0 Å². The number of rotatable bonds is 9. The predicted octanol–water partition coefficient (Wildman–Crippen LogP) is 2.80. The Morgan fingerprint density at radius 2 is 2.04 bits per heavy atom. The first-order chi connectivity index (χ1) is 13.2. The zero-order chi connectivity index (χ0) is 19.3. The lowest BCUT2D eigenvalue weighted by Crippen LogP contribution is -2.34. The van der Waals surface area contributed by atoms with E-state index >= 15 is 0 Å². The van der Waals surface area contributed by atoms with Crippen LogP contribution < -0.4 is 15.5 Å². The standard InChI is InChI=1S/C20H23N5OS/c1-3-11-22-20(24-16-21)23-12-13-27-15-19-10-9-18(26-19)14-25(2)17-7-5-4-6-8-17/h1,4-10H,11-15H2,2H3,(H2,22,23,24). The number of para-hydroxylation sites is 1. The number of hydrogen-bond acceptors (Lipinski definition) is 5. The zero-order valence-electron chi connectivity index (χ0n) is 15.3. The van der Waals surface area contributed by atoms with Gasteiger partial charge in [0.05, 0.1) is 25.4 Å². The first-order valence-corrected chi connectivity index (χ1v) is 9.67. The minimum atomic E-state index is 0.327. The van der Waals surface area contributed by atoms with Gasteiger partial charge in [0, 0.05) is 18.5 Å². The van der Waals surface area contributed by atoms with Crippen LogP contribution in [0.5, 0.6) is 0 Å². The third kappa shape index (κ3) is 7.39. The molecule has 0 atom stereocenters. The molecule has 0 saturated carbocycles. The van der Waals surface area contributed by atoms with E-state index < -0.39 is 0 Å². The highest BCUT2D eigenvalue weighted by molar-refractivity contribution is 7.98. The van der Waals surface area contributed by atoms with Crippen LogP contribution in [0.25, 0.3) is 0 Å². The summed E-state index contributed by atoms with van der Waals surface area (Å²) >= 11 is 1.73. The third-order valence-electron chi connectivity index (χ3n) is 3.59. The Morgan fingerprint density at radius 1 is 1.26 bits per heavy atom. The summed E-state index contributed by atoms with van der Waals surface area (Å²) in [5.41, 5.74) is 1.16. The molecule has 1 aromatic carbocycles. The Hall–Kier alpha value is -3.03. The van der Waals surface area contributed by atoms with Crippen molar-refractivity contribution in [3.63, 3.8) is 0 Å². The number of benzene rings is 1. The molecule has 2 rings (SSSR count). The van der Waals surface area contributed by atoms with Crippen LogP contribution in [0, 0.1) is 23.8 Å². The first-order valence-electron chi connectivity index (χ1n) is 8.51. The maximum atomic E-state index is 8.67. The average Bonchev–Trinajstić information content (AvgIpc) is 3.13. The number of hydrogen-bond donors (Lipinski definition) is 2. The summed E-state index contributed by atoms with van der Waals surface area (Å²) in [7, 11) is 2.05. The monoisotopic (exact) mass is 381 g/mol. The molecule has 6 nitrogen and oxygen atoms in total. The Bertz CT molecular complexity index is 804. The summed E-state index contributed by atoms with van der Waals surface area (Å²) in [6.45, 7) is 1.63. The molecule has 0 aliphatic heterocycles. The Balaban J connectivity index is 1.73. The molecule has 1 aromatic heterocycles. The van der Waals surface area contributed by atoms with E-state index in [1.54, 1.807) is 11.8 Å². The lowest BCUT2D eigenvalue weighted by Gasteiger charge is -2.17. The van der Waals surface area contributed by atoms with Crippen molar-refractivity contribution in [2.24, 2.45) is 4.99 Å². The molecule has 0 bridgehead atoms. The fraction of sp³-hybridized carbons (Fsp3) is 0.300. The summed E-state index contributed by atoms with van der Waals surface area (Å²) in [5.74, 6) is 6.33. The van der Waals surface area contributed by atoms with E-state index in [2.05, 4.69) is 38.6 Å². The summed E-state index contributed by atoms with van der Waals surface area (Å²) in [4.78, 5) is 6.43. The number of nitriles is 1. The molecule has 27 heavy (non-hydrogen) atoms. The minimum Gasteiger partial charge on any atom is -0.463 e. The highest BCUT2D eigenvalue weighted by atomic mass is 32.2. The van der Waals surface area contributed by atoms with Gasteiger partial charge in [0.1, 0.15) is 11.5 Å². The molecule has 0 fully saturated rings. The molecule has 0 radical (unpaired) electrons. The van der Waals surface area contributed by atoms with Crippen molar-refractivity contribution < 1.29 is 4.42 Å². The molecule has 140 valence electrons. The predicted molar refractivity (Wildman–Crippen MR) is 111 cm³/mol. The van der Waals surface area contributed by atoms with E-state index in [1.165, 1.54) is 0 Å². The molecule has 0 saturated heterocycles. The van der Waals surface area contributed by atoms with Gasteiger partial charge >= 0.3 is 0 Å². The van der Waals surface area contributed by atoms with E-state index in [9.17, 15) is 0 Å². The van der Waals surface area contributed by atoms with Crippen LogP contribution in [0.15, 0.2) is 51.9 Å². The molecule has 0 amide bonds. The molecule has 0 aliphatic rings. The van der Waals surface area contributed by atoms with Crippen molar-refractivity contribution in [1.29, 1.82) is 5.26 Å². The number of nitrogens with one attached hydrogen (secondary N) is 2. The fourth-order valence-electron chi connectivity index (χ4n) is 2.31. The third-order valence-corrected chi connectivity index (χ3v) is 4.55. The average molecular weight is 382 g/mol. The smallest absolute Gasteiger partial charge is 0.205 e. The summed E-state index contributed by atoms with van der Waals surface area (Å²) in [6.07, 6.45) is 7.02. The Labute approximate surface area is 164 Å². The second-order valence-electron chi connectivity index (χ2n) is 5.64. The SMILES string of the molecule is C#CCN/C(=N/CCSCc1ccc(CN(C)c2ccccc2)o1)NC#N. The second kappa shape index (κ2) is 11.6. The molecular formula is C20H23N5OS. The van der Waals surface area contributed by atoms with Gasteiger partial charge in [-0.3, -0.25) is 10.3 Å². The molecule has 2 N–H and O–H groups in total. The van der Waals surface area contributed by atoms with Crippen LogP contribution in [0.1, 0.15) is 11.5 Å². The summed E-state index contributed by atoms with van der Waals surface area (Å²) in [5, 5.41) is 14.0. The number of guanidine groups is 1. The summed E-state index contributed by atoms with van der Waals surface area (Å²) < 4.78 is 5.91. The number of terminal acetylenes is 1. The van der Waals surface area contributed by atoms with Gasteiger partial charge in [0.15, 0.2) is 6.19 Å². The van der Waals surface area contributed by atoms with Crippen molar-refractivity contribution >= 4 is 23.4 Å². The number of nitrogens with zero attached hydrogens (tertiary/aromatic N) is 3. The van der Waals surface area contributed by atoms with Gasteiger partial charge < -0.3 is 14.6 Å². The van der Waals surface area contributed by atoms with E-state index in [0.29, 0.717) is 19.0 Å². The first kappa shape index (κ1) is 20.3. The van der Waals surface area contributed by atoms with Crippen LogP contribution in [-0.2, 0) is 12.3 Å². The maximum absolute atomic E-state index is 8.67. The molecular weight excluding hydrogens is 358 g/mol. The van der Waals surface area contributed by atoms with Gasteiger partial charge in [-0.05, 0) is 24.3 Å². The molecule has 7 heteroatoms. The maximum Gasteiger partial charge on any atom is 0.205 e. The van der Waals surface area contributed by atoms with Gasteiger partial charge in [-0.25, -0.2) is 0 Å². The van der Waals surface area contributed by atoms with Crippen LogP contribution in [0.2, 0.25) is 0 Å². The van der Waals surface area contributed by atoms with Crippen LogP contribution in [0.4, 0.5) is 5.69 Å². The Morgan fingerprint density at radius 3 is 2.78 bits per heavy atom. The fourth-order valence-corrected chi connectivity index (χ4v) is 3.04. The Kier molecular flexibility index (Phi) is 8.68. The van der Waals surface area contributed by atoms with E-state index in [0.717, 1.165) is 35.3 Å². The van der Waals surface area contributed by atoms with Gasteiger partial charge in [0.25, 0.3) is 0 Å². The highest BCUT2D eigenvalue weighted by Gasteiger charge is 2.06. The summed E-state index contributed by atoms with van der Waals surface area (Å²) in [6, 6.07) is 14.3. The highest BCUT2D eigenvalue weighted by Crippen LogP contribution is 2.19. The van der Waals surface area contributed by atoms with E-state index in [1.807, 2.05) is 43.6 Å². The molecule has 1 heterocycles. The topological polar surface area (TPSA) is 76.6 Å². The lowest BCUT2D eigenvalue weighted by molar-refractivity contribution is 0.479. The van der Waals surface area contributed by atoms with Gasteiger partial charge in [0.2, 0.25) is 5.96 Å². The minimum absolute atomic E-state index is 0.327. The van der Waals surface area contributed by atoms with Gasteiger partial charge in [-0.2, -0.15) is 17.0 Å². The van der Waals surface area contributed by atoms with E-state index in [4.69, 9.17) is 16.1 Å². The number of thioether (sulfide) groups is 1. The van der Waals surface area contributed by atoms with Gasteiger partial charge in [-0.1, -0.05) is 24.1 Å². The largest absolute Gasteiger partial charge is 0.463 e. The van der Waals surface area contributed by atoms with Gasteiger partial charge in [-0.15, -0.1) is 6.42 Å². The van der Waals surface area contributed by atoms with Crippen molar-refractivity contribution in [2.45, 2.75) is 12.3 Å². The zero-order valence-corrected chi connectivity index (χ0v) is 16.1. The van der Waals surface area contributed by atoms with Crippen LogP contribution in [0.3, 0.4) is 0 Å². The number of furan rings is 1. The molecule has 2 aromatic rings.